The molecular weight excluding hydrogens is 257 g/mol. The molecule has 0 atom stereocenters. The molecule has 0 fully saturated rings. The summed E-state index contributed by atoms with van der Waals surface area (Å²) in [6, 6.07) is 2.44. The maximum absolute atomic E-state index is 12.9. The SMILES string of the molecule is O=[N+]([O-])/C=C/c1cc(Br)cc(F)c1O. The number of nitro groups is 1. The molecule has 0 radical (unpaired) electrons. The maximum Gasteiger partial charge on any atom is 0.235 e. The molecule has 1 aromatic carbocycles. The van der Waals surface area contributed by atoms with Crippen LogP contribution in [0.3, 0.4) is 0 Å². The number of phenolic OH excluding ortho intramolecular Hbond substituents is 1. The Kier molecular flexibility index (Phi) is 3.19. The molecule has 1 rings (SSSR count). The third-order valence-corrected chi connectivity index (χ3v) is 1.89. The van der Waals surface area contributed by atoms with Crippen molar-refractivity contribution in [2.24, 2.45) is 0 Å². The van der Waals surface area contributed by atoms with E-state index in [-0.39, 0.29) is 5.56 Å². The summed E-state index contributed by atoms with van der Waals surface area (Å²) in [7, 11) is 0. The van der Waals surface area contributed by atoms with Gasteiger partial charge in [0.05, 0.1) is 4.92 Å². The summed E-state index contributed by atoms with van der Waals surface area (Å²) < 4.78 is 13.3. The van der Waals surface area contributed by atoms with E-state index in [1.165, 1.54) is 6.07 Å². The van der Waals surface area contributed by atoms with Crippen molar-refractivity contribution in [1.82, 2.24) is 0 Å². The minimum atomic E-state index is -0.831. The molecule has 1 aromatic rings. The lowest BCUT2D eigenvalue weighted by molar-refractivity contribution is -0.400. The monoisotopic (exact) mass is 261 g/mol. The molecule has 0 aliphatic carbocycles. The molecule has 6 heteroatoms. The summed E-state index contributed by atoms with van der Waals surface area (Å²) >= 11 is 3.00. The molecule has 74 valence electrons. The number of hydrogen-bond donors (Lipinski definition) is 1. The Morgan fingerprint density at radius 3 is 2.79 bits per heavy atom. The lowest BCUT2D eigenvalue weighted by Crippen LogP contribution is -1.85. The number of phenols is 1. The van der Waals surface area contributed by atoms with Crippen LogP contribution in [0.15, 0.2) is 22.8 Å². The second-order valence-electron chi connectivity index (χ2n) is 2.43. The van der Waals surface area contributed by atoms with Gasteiger partial charge < -0.3 is 5.11 Å². The van der Waals surface area contributed by atoms with Crippen LogP contribution in [0.5, 0.6) is 5.75 Å². The predicted molar refractivity (Wildman–Crippen MR) is 51.8 cm³/mol. The van der Waals surface area contributed by atoms with E-state index in [0.29, 0.717) is 10.7 Å². The van der Waals surface area contributed by atoms with Crippen molar-refractivity contribution in [1.29, 1.82) is 0 Å². The van der Waals surface area contributed by atoms with E-state index in [1.54, 1.807) is 0 Å². The first-order valence-corrected chi connectivity index (χ1v) is 4.29. The van der Waals surface area contributed by atoms with Crippen LogP contribution in [0.2, 0.25) is 0 Å². The highest BCUT2D eigenvalue weighted by atomic mass is 79.9. The van der Waals surface area contributed by atoms with Crippen molar-refractivity contribution in [3.05, 3.63) is 44.3 Å². The third kappa shape index (κ3) is 2.53. The van der Waals surface area contributed by atoms with Gasteiger partial charge in [0.2, 0.25) is 6.20 Å². The first-order valence-electron chi connectivity index (χ1n) is 3.50. The fourth-order valence-electron chi connectivity index (χ4n) is 0.854. The number of rotatable bonds is 2. The predicted octanol–water partition coefficient (Wildman–Crippen LogP) is 2.54. The second-order valence-corrected chi connectivity index (χ2v) is 3.34. The van der Waals surface area contributed by atoms with Gasteiger partial charge in [-0.1, -0.05) is 15.9 Å². The normalized spacial score (nSPS) is 10.7. The van der Waals surface area contributed by atoms with Crippen molar-refractivity contribution in [2.75, 3.05) is 0 Å². The molecule has 0 amide bonds. The molecule has 14 heavy (non-hydrogen) atoms. The van der Waals surface area contributed by atoms with Gasteiger partial charge in [-0.3, -0.25) is 10.1 Å². The number of halogens is 2. The summed E-state index contributed by atoms with van der Waals surface area (Å²) in [5.41, 5.74) is 0.0496. The number of aromatic hydroxyl groups is 1. The zero-order valence-electron chi connectivity index (χ0n) is 6.78. The fourth-order valence-corrected chi connectivity index (χ4v) is 1.30. The zero-order chi connectivity index (χ0) is 10.7. The molecule has 0 bridgehead atoms. The van der Waals surface area contributed by atoms with E-state index in [0.717, 1.165) is 12.1 Å². The van der Waals surface area contributed by atoms with E-state index in [2.05, 4.69) is 15.9 Å². The molecule has 0 aromatic heterocycles. The largest absolute Gasteiger partial charge is 0.504 e. The van der Waals surface area contributed by atoms with E-state index >= 15 is 0 Å². The third-order valence-electron chi connectivity index (χ3n) is 1.43. The van der Waals surface area contributed by atoms with Crippen LogP contribution in [0.4, 0.5) is 4.39 Å². The molecule has 0 unspecified atom stereocenters. The van der Waals surface area contributed by atoms with Crippen molar-refractivity contribution >= 4 is 22.0 Å². The Morgan fingerprint density at radius 2 is 2.21 bits per heavy atom. The number of nitrogens with zero attached hydrogens (tertiary/aromatic N) is 1. The van der Waals surface area contributed by atoms with E-state index in [1.807, 2.05) is 0 Å². The quantitative estimate of drug-likeness (QED) is 0.658. The highest BCUT2D eigenvalue weighted by Gasteiger charge is 2.07. The van der Waals surface area contributed by atoms with Gasteiger partial charge in [-0.15, -0.1) is 0 Å². The minimum Gasteiger partial charge on any atom is -0.504 e. The smallest absolute Gasteiger partial charge is 0.235 e. The highest BCUT2D eigenvalue weighted by molar-refractivity contribution is 9.10. The lowest BCUT2D eigenvalue weighted by Gasteiger charge is -2.00. The summed E-state index contributed by atoms with van der Waals surface area (Å²) in [6.45, 7) is 0. The molecule has 0 saturated heterocycles. The molecule has 0 saturated carbocycles. The second kappa shape index (κ2) is 4.19. The Labute approximate surface area is 87.0 Å². The summed E-state index contributed by atoms with van der Waals surface area (Å²) in [5, 5.41) is 19.2. The van der Waals surface area contributed by atoms with Gasteiger partial charge in [0.25, 0.3) is 0 Å². The summed E-state index contributed by atoms with van der Waals surface area (Å²) in [6.07, 6.45) is 1.64. The molecule has 1 N–H and O–H groups in total. The van der Waals surface area contributed by atoms with Crippen molar-refractivity contribution in [3.63, 3.8) is 0 Å². The molecule has 4 nitrogen and oxygen atoms in total. The minimum absolute atomic E-state index is 0.0496. The van der Waals surface area contributed by atoms with Gasteiger partial charge in [-0.25, -0.2) is 4.39 Å². The Bertz CT molecular complexity index is 406. The molecule has 0 aliphatic heterocycles. The Hall–Kier alpha value is -1.43. The number of benzene rings is 1. The van der Waals surface area contributed by atoms with Gasteiger partial charge in [-0.2, -0.15) is 0 Å². The number of hydrogen-bond acceptors (Lipinski definition) is 3. The van der Waals surface area contributed by atoms with Crippen LogP contribution in [-0.4, -0.2) is 10.0 Å². The summed E-state index contributed by atoms with van der Waals surface area (Å²) in [4.78, 5) is 9.29. The van der Waals surface area contributed by atoms with Crippen LogP contribution in [0.1, 0.15) is 5.56 Å². The van der Waals surface area contributed by atoms with Crippen molar-refractivity contribution in [2.45, 2.75) is 0 Å². The standard InChI is InChI=1S/C8H5BrFNO3/c9-6-3-5(1-2-11(13)14)8(12)7(10)4-6/h1-4,12H/b2-1+. The molecule has 0 aliphatic rings. The topological polar surface area (TPSA) is 63.4 Å². The molecule has 0 spiro atoms. The van der Waals surface area contributed by atoms with Gasteiger partial charge in [0.1, 0.15) is 0 Å². The van der Waals surface area contributed by atoms with E-state index in [4.69, 9.17) is 5.11 Å². The van der Waals surface area contributed by atoms with E-state index in [9.17, 15) is 14.5 Å². The van der Waals surface area contributed by atoms with E-state index < -0.39 is 16.5 Å². The Balaban J connectivity index is 3.14. The molecular formula is C8H5BrFNO3. The Morgan fingerprint density at radius 1 is 1.57 bits per heavy atom. The zero-order valence-corrected chi connectivity index (χ0v) is 8.36. The van der Waals surface area contributed by atoms with Gasteiger partial charge in [-0.05, 0) is 12.1 Å². The average molecular weight is 262 g/mol. The first-order chi connectivity index (χ1) is 6.50. The van der Waals surface area contributed by atoms with Crippen LogP contribution in [-0.2, 0) is 0 Å². The highest BCUT2D eigenvalue weighted by Crippen LogP contribution is 2.26. The van der Waals surface area contributed by atoms with Gasteiger partial charge in [0.15, 0.2) is 11.6 Å². The van der Waals surface area contributed by atoms with Crippen LogP contribution in [0, 0.1) is 15.9 Å². The maximum atomic E-state index is 12.9. The van der Waals surface area contributed by atoms with Crippen LogP contribution in [0.25, 0.3) is 6.08 Å². The van der Waals surface area contributed by atoms with Crippen LogP contribution >= 0.6 is 15.9 Å². The van der Waals surface area contributed by atoms with Gasteiger partial charge >= 0.3 is 0 Å². The average Bonchev–Trinajstić information content (AvgIpc) is 2.08. The summed E-state index contributed by atoms with van der Waals surface area (Å²) in [5.74, 6) is -1.44. The van der Waals surface area contributed by atoms with Crippen molar-refractivity contribution < 1.29 is 14.4 Å². The molecule has 0 heterocycles. The fraction of sp³-hybridized carbons (Fsp3) is 0. The van der Waals surface area contributed by atoms with Gasteiger partial charge in [0, 0.05) is 16.1 Å². The first kappa shape index (κ1) is 10.6. The van der Waals surface area contributed by atoms with Crippen LogP contribution < -0.4 is 0 Å². The van der Waals surface area contributed by atoms with Crippen molar-refractivity contribution in [3.8, 4) is 5.75 Å². The lowest BCUT2D eigenvalue weighted by atomic mass is 10.2.